The Bertz CT molecular complexity index is 819. The van der Waals surface area contributed by atoms with Crippen molar-refractivity contribution in [3.8, 4) is 0 Å². The van der Waals surface area contributed by atoms with E-state index >= 15 is 0 Å². The van der Waals surface area contributed by atoms with E-state index in [4.69, 9.17) is 0 Å². The quantitative estimate of drug-likeness (QED) is 0.748. The zero-order chi connectivity index (χ0) is 16.9. The van der Waals surface area contributed by atoms with E-state index < -0.39 is 0 Å². The molecule has 0 saturated carbocycles. The molecule has 1 aromatic heterocycles. The van der Waals surface area contributed by atoms with Crippen molar-refractivity contribution in [1.29, 1.82) is 0 Å². The molecule has 0 spiro atoms. The van der Waals surface area contributed by atoms with Gasteiger partial charge in [0.05, 0.1) is 11.9 Å². The van der Waals surface area contributed by atoms with Gasteiger partial charge in [0.25, 0.3) is 0 Å². The normalized spacial score (nSPS) is 10.3. The van der Waals surface area contributed by atoms with Crippen LogP contribution in [0.3, 0.4) is 0 Å². The van der Waals surface area contributed by atoms with Gasteiger partial charge in [0.1, 0.15) is 5.82 Å². The predicted molar refractivity (Wildman–Crippen MR) is 93.6 cm³/mol. The van der Waals surface area contributed by atoms with Gasteiger partial charge in [0.15, 0.2) is 5.82 Å². The topological polar surface area (TPSA) is 66.0 Å². The van der Waals surface area contributed by atoms with Gasteiger partial charge < -0.3 is 15.5 Å². The van der Waals surface area contributed by atoms with E-state index in [1.807, 2.05) is 43.3 Å². The minimum absolute atomic E-state index is 0.218. The van der Waals surface area contributed by atoms with Crippen molar-refractivity contribution in [2.45, 2.75) is 0 Å². The molecule has 0 saturated heterocycles. The van der Waals surface area contributed by atoms with Crippen molar-refractivity contribution in [2.24, 2.45) is 0 Å². The molecule has 3 aromatic rings. The molecule has 0 atom stereocenters. The smallest absolute Gasteiger partial charge is 0.249 e. The highest BCUT2D eigenvalue weighted by molar-refractivity contribution is 5.61. The highest BCUT2D eigenvalue weighted by atomic mass is 19.1. The Morgan fingerprint density at radius 1 is 0.958 bits per heavy atom. The van der Waals surface area contributed by atoms with Crippen LogP contribution >= 0.6 is 0 Å². The maximum absolute atomic E-state index is 13.7. The third-order valence-corrected chi connectivity index (χ3v) is 3.34. The fraction of sp³-hybridized carbons (Fsp3) is 0.118. The molecule has 122 valence electrons. The molecule has 2 aromatic carbocycles. The Balaban J connectivity index is 1.74. The van der Waals surface area contributed by atoms with Crippen LogP contribution in [0.1, 0.15) is 0 Å². The molecule has 0 aliphatic heterocycles. The van der Waals surface area contributed by atoms with Gasteiger partial charge in [-0.25, -0.2) is 4.39 Å². The van der Waals surface area contributed by atoms with Crippen LogP contribution in [-0.2, 0) is 0 Å². The van der Waals surface area contributed by atoms with Crippen molar-refractivity contribution < 1.29 is 4.39 Å². The Hall–Kier alpha value is -3.22. The summed E-state index contributed by atoms with van der Waals surface area (Å²) in [4.78, 5) is 6.31. The van der Waals surface area contributed by atoms with E-state index in [2.05, 4.69) is 25.8 Å². The van der Waals surface area contributed by atoms with Crippen LogP contribution in [-0.4, -0.2) is 29.3 Å². The van der Waals surface area contributed by atoms with Crippen LogP contribution in [0.15, 0.2) is 54.7 Å². The molecule has 1 heterocycles. The first-order chi connectivity index (χ1) is 11.6. The zero-order valence-electron chi connectivity index (χ0n) is 13.4. The van der Waals surface area contributed by atoms with E-state index in [-0.39, 0.29) is 11.8 Å². The average Bonchev–Trinajstić information content (AvgIpc) is 2.58. The number of halogens is 1. The Morgan fingerprint density at radius 2 is 1.71 bits per heavy atom. The largest absolute Gasteiger partial charge is 0.378 e. The lowest BCUT2D eigenvalue weighted by Gasteiger charge is -2.13. The molecule has 0 radical (unpaired) electrons. The Kier molecular flexibility index (Phi) is 4.51. The molecule has 0 amide bonds. The van der Waals surface area contributed by atoms with Crippen molar-refractivity contribution in [3.63, 3.8) is 0 Å². The lowest BCUT2D eigenvalue weighted by Crippen LogP contribution is -2.08. The highest BCUT2D eigenvalue weighted by Gasteiger charge is 2.05. The third-order valence-electron chi connectivity index (χ3n) is 3.34. The summed E-state index contributed by atoms with van der Waals surface area (Å²) in [5, 5.41) is 13.7. The molecule has 0 unspecified atom stereocenters. The summed E-state index contributed by atoms with van der Waals surface area (Å²) in [5.41, 5.74) is 2.27. The second-order valence-electron chi connectivity index (χ2n) is 5.34. The van der Waals surface area contributed by atoms with E-state index in [1.54, 1.807) is 18.2 Å². The summed E-state index contributed by atoms with van der Waals surface area (Å²) in [7, 11) is 3.97. The Labute approximate surface area is 139 Å². The van der Waals surface area contributed by atoms with Crippen LogP contribution in [0.25, 0.3) is 0 Å². The number of nitrogens with zero attached hydrogens (tertiary/aromatic N) is 4. The van der Waals surface area contributed by atoms with Crippen LogP contribution in [0.2, 0.25) is 0 Å². The van der Waals surface area contributed by atoms with Crippen LogP contribution in [0.5, 0.6) is 0 Å². The third kappa shape index (κ3) is 3.75. The number of hydrogen-bond donors (Lipinski definition) is 2. The van der Waals surface area contributed by atoms with Gasteiger partial charge in [0, 0.05) is 25.5 Å². The van der Waals surface area contributed by atoms with Crippen LogP contribution in [0.4, 0.5) is 33.2 Å². The highest BCUT2D eigenvalue weighted by Crippen LogP contribution is 2.20. The second-order valence-corrected chi connectivity index (χ2v) is 5.34. The Morgan fingerprint density at radius 3 is 2.42 bits per heavy atom. The number of nitrogens with one attached hydrogen (secondary N) is 2. The van der Waals surface area contributed by atoms with E-state index in [0.29, 0.717) is 11.5 Å². The maximum Gasteiger partial charge on any atom is 0.249 e. The summed E-state index contributed by atoms with van der Waals surface area (Å²) >= 11 is 0. The summed E-state index contributed by atoms with van der Waals surface area (Å²) in [5.74, 6) is 0.357. The van der Waals surface area contributed by atoms with E-state index in [9.17, 15) is 4.39 Å². The second kappa shape index (κ2) is 6.91. The van der Waals surface area contributed by atoms with Crippen LogP contribution in [0, 0.1) is 5.82 Å². The molecule has 3 rings (SSSR count). The summed E-state index contributed by atoms with van der Waals surface area (Å²) < 4.78 is 13.7. The number of anilines is 5. The SMILES string of the molecule is CN(C)c1ccc(Nc2cnnc(Nc3ccccc3F)n2)cc1. The summed E-state index contributed by atoms with van der Waals surface area (Å²) in [6, 6.07) is 14.2. The van der Waals surface area contributed by atoms with Gasteiger partial charge in [-0.2, -0.15) is 10.1 Å². The monoisotopic (exact) mass is 324 g/mol. The minimum atomic E-state index is -0.376. The molecule has 24 heavy (non-hydrogen) atoms. The molecule has 0 aliphatic carbocycles. The average molecular weight is 324 g/mol. The first kappa shape index (κ1) is 15.7. The van der Waals surface area contributed by atoms with E-state index in [0.717, 1.165) is 11.4 Å². The fourth-order valence-electron chi connectivity index (χ4n) is 2.09. The van der Waals surface area contributed by atoms with Gasteiger partial charge in [-0.3, -0.25) is 0 Å². The van der Waals surface area contributed by atoms with Gasteiger partial charge in [-0.1, -0.05) is 12.1 Å². The maximum atomic E-state index is 13.7. The standard InChI is InChI=1S/C17H17FN6/c1-24(2)13-9-7-12(8-10-13)20-16-11-19-23-17(22-16)21-15-6-4-3-5-14(15)18/h3-11H,1-2H3,(H2,20,21,22,23). The van der Waals surface area contributed by atoms with Gasteiger partial charge >= 0.3 is 0 Å². The van der Waals surface area contributed by atoms with Gasteiger partial charge in [0.2, 0.25) is 5.95 Å². The lowest BCUT2D eigenvalue weighted by molar-refractivity contribution is 0.631. The van der Waals surface area contributed by atoms with Crippen molar-refractivity contribution in [3.05, 3.63) is 60.5 Å². The molecule has 0 bridgehead atoms. The lowest BCUT2D eigenvalue weighted by atomic mass is 10.2. The molecule has 2 N–H and O–H groups in total. The number of hydrogen-bond acceptors (Lipinski definition) is 6. The molecular weight excluding hydrogens is 307 g/mol. The number of rotatable bonds is 5. The van der Waals surface area contributed by atoms with Crippen LogP contribution < -0.4 is 15.5 Å². The molecule has 0 aliphatic rings. The molecule has 0 fully saturated rings. The van der Waals surface area contributed by atoms with Gasteiger partial charge in [-0.15, -0.1) is 5.10 Å². The predicted octanol–water partition coefficient (Wildman–Crippen LogP) is 3.56. The summed E-state index contributed by atoms with van der Waals surface area (Å²) in [6.45, 7) is 0. The first-order valence-corrected chi connectivity index (χ1v) is 7.37. The van der Waals surface area contributed by atoms with Crippen molar-refractivity contribution in [2.75, 3.05) is 29.6 Å². The summed E-state index contributed by atoms with van der Waals surface area (Å²) in [6.07, 6.45) is 1.51. The molecular formula is C17H17FN6. The molecule has 6 nitrogen and oxygen atoms in total. The fourth-order valence-corrected chi connectivity index (χ4v) is 2.09. The minimum Gasteiger partial charge on any atom is -0.378 e. The first-order valence-electron chi connectivity index (χ1n) is 7.37. The van der Waals surface area contributed by atoms with E-state index in [1.165, 1.54) is 12.3 Å². The van der Waals surface area contributed by atoms with Crippen molar-refractivity contribution in [1.82, 2.24) is 15.2 Å². The number of para-hydroxylation sites is 1. The van der Waals surface area contributed by atoms with Gasteiger partial charge in [-0.05, 0) is 36.4 Å². The van der Waals surface area contributed by atoms with Crippen molar-refractivity contribution >= 4 is 28.8 Å². The number of benzene rings is 2. The zero-order valence-corrected chi connectivity index (χ0v) is 13.4. The number of aromatic nitrogens is 3. The molecule has 7 heteroatoms.